The fourth-order valence-electron chi connectivity index (χ4n) is 5.38. The molecule has 2 amide bonds. The van der Waals surface area contributed by atoms with Crippen LogP contribution in [0.1, 0.15) is 49.0 Å². The van der Waals surface area contributed by atoms with Crippen LogP contribution >= 0.6 is 0 Å². The van der Waals surface area contributed by atoms with E-state index in [1.54, 1.807) is 30.5 Å². The van der Waals surface area contributed by atoms with Crippen molar-refractivity contribution in [3.63, 3.8) is 0 Å². The molecule has 0 radical (unpaired) electrons. The van der Waals surface area contributed by atoms with Crippen molar-refractivity contribution < 1.29 is 23.1 Å². The molecule has 2 atom stereocenters. The Morgan fingerprint density at radius 1 is 0.957 bits per heavy atom. The number of nitrogens with zero attached hydrogens (tertiary/aromatic N) is 2. The smallest absolute Gasteiger partial charge is 0.253 e. The Balaban J connectivity index is 1.40. The Bertz CT molecular complexity index is 1690. The minimum absolute atomic E-state index is 0.0393. The lowest BCUT2D eigenvalue weighted by atomic mass is 9.98. The number of hydrogen-bond acceptors (Lipinski definition) is 7. The predicted molar refractivity (Wildman–Crippen MR) is 180 cm³/mol. The van der Waals surface area contributed by atoms with Crippen LogP contribution in [0.2, 0.25) is 0 Å². The highest BCUT2D eigenvalue weighted by Gasteiger charge is 2.31. The zero-order valence-electron chi connectivity index (χ0n) is 26.3. The van der Waals surface area contributed by atoms with Crippen molar-refractivity contribution in [2.24, 2.45) is 5.92 Å². The first-order valence-corrected chi connectivity index (χ1v) is 17.0. The number of carbonyl (C=O) groups is 2. The van der Waals surface area contributed by atoms with E-state index in [-0.39, 0.29) is 29.9 Å². The largest absolute Gasteiger partial charge is 0.399 e. The number of aliphatic hydroxyl groups excluding tert-OH is 1. The van der Waals surface area contributed by atoms with Crippen molar-refractivity contribution in [3.05, 3.63) is 102 Å². The number of carbonyl (C=O) groups excluding carboxylic acids is 2. The molecule has 0 aliphatic carbocycles. The Kier molecular flexibility index (Phi) is 12.2. The maximum atomic E-state index is 13.5. The van der Waals surface area contributed by atoms with Gasteiger partial charge in [0.05, 0.1) is 17.1 Å². The molecule has 0 bridgehead atoms. The maximum Gasteiger partial charge on any atom is 0.253 e. The van der Waals surface area contributed by atoms with E-state index in [9.17, 15) is 23.1 Å². The molecule has 10 nitrogen and oxygen atoms in total. The van der Waals surface area contributed by atoms with Crippen LogP contribution in [-0.4, -0.2) is 66.4 Å². The van der Waals surface area contributed by atoms with E-state index in [2.05, 4.69) is 15.6 Å². The van der Waals surface area contributed by atoms with Gasteiger partial charge in [-0.05, 0) is 71.5 Å². The predicted octanol–water partition coefficient (Wildman–Crippen LogP) is 4.15. The highest BCUT2D eigenvalue weighted by atomic mass is 32.2. The molecule has 3 aromatic carbocycles. The maximum absolute atomic E-state index is 13.5. The van der Waals surface area contributed by atoms with Gasteiger partial charge >= 0.3 is 0 Å². The average molecular weight is 646 g/mol. The van der Waals surface area contributed by atoms with E-state index in [0.29, 0.717) is 43.5 Å². The summed E-state index contributed by atoms with van der Waals surface area (Å²) in [6.45, 7) is 4.09. The Hall–Kier alpha value is -4.32. The van der Waals surface area contributed by atoms with Crippen LogP contribution in [0.15, 0.2) is 96.2 Å². The Morgan fingerprint density at radius 3 is 2.39 bits per heavy atom. The van der Waals surface area contributed by atoms with Gasteiger partial charge < -0.3 is 21.5 Å². The second-order valence-electron chi connectivity index (χ2n) is 11.8. The molecule has 0 spiro atoms. The number of hydrogen-bond donors (Lipinski definition) is 4. The first-order valence-electron chi connectivity index (χ1n) is 15.5. The number of aliphatic hydroxyl groups is 1. The number of rotatable bonds is 16. The molecule has 11 heteroatoms. The zero-order chi connectivity index (χ0) is 33.1. The van der Waals surface area contributed by atoms with Gasteiger partial charge in [-0.1, -0.05) is 62.7 Å². The average Bonchev–Trinajstić information content (AvgIpc) is 3.05. The summed E-state index contributed by atoms with van der Waals surface area (Å²) in [6, 6.07) is 21.7. The minimum Gasteiger partial charge on any atom is -0.399 e. The molecule has 244 valence electrons. The van der Waals surface area contributed by atoms with Gasteiger partial charge in [-0.15, -0.1) is 0 Å². The first kappa shape index (κ1) is 34.6. The lowest BCUT2D eigenvalue weighted by Gasteiger charge is -2.31. The standard InChI is InChI=1S/C35H43N5O5S/c1-25(2)23-40(46(44,45)31-17-15-29(36)16-18-31)30(24-41)13-5-6-20-38-35(43)33(39-34(42)28-12-8-19-37-22-28)21-27-11-7-10-26-9-3-4-14-32(26)27/h3-4,7-12,14-19,22,25,30,33,41H,5-6,13,20-21,23-24,36H2,1-2H3,(H,38,43)(H,39,42)/t30-,33-/m0/s1. The summed E-state index contributed by atoms with van der Waals surface area (Å²) >= 11 is 0. The third-order valence-electron chi connectivity index (χ3n) is 7.76. The molecular weight excluding hydrogens is 602 g/mol. The molecule has 5 N–H and O–H groups in total. The SMILES string of the molecule is CC(C)CN([C@H](CO)CCCCNC(=O)[C@H](Cc1cccc2ccccc12)NC(=O)c1cccnc1)S(=O)(=O)c1ccc(N)cc1. The van der Waals surface area contributed by atoms with Crippen LogP contribution in [0, 0.1) is 5.92 Å². The van der Waals surface area contributed by atoms with Crippen LogP contribution in [0.5, 0.6) is 0 Å². The molecule has 0 aliphatic heterocycles. The molecular formula is C35H43N5O5S. The normalized spacial score (nSPS) is 13.1. The van der Waals surface area contributed by atoms with Crippen molar-refractivity contribution in [2.75, 3.05) is 25.4 Å². The minimum atomic E-state index is -3.87. The van der Waals surface area contributed by atoms with Crippen molar-refractivity contribution in [1.29, 1.82) is 0 Å². The number of nitrogens with two attached hydrogens (primary N) is 1. The number of nitrogens with one attached hydrogen (secondary N) is 2. The molecule has 46 heavy (non-hydrogen) atoms. The number of benzene rings is 3. The van der Waals surface area contributed by atoms with Gasteiger partial charge in [-0.3, -0.25) is 14.6 Å². The molecule has 0 fully saturated rings. The zero-order valence-corrected chi connectivity index (χ0v) is 27.1. The number of unbranched alkanes of at least 4 members (excludes halogenated alkanes) is 1. The number of anilines is 1. The summed E-state index contributed by atoms with van der Waals surface area (Å²) in [5, 5.41) is 18.1. The highest BCUT2D eigenvalue weighted by Crippen LogP contribution is 2.24. The van der Waals surface area contributed by atoms with Gasteiger partial charge in [0.15, 0.2) is 0 Å². The molecule has 4 aromatic rings. The van der Waals surface area contributed by atoms with Crippen molar-refractivity contribution >= 4 is 38.3 Å². The molecule has 1 heterocycles. The van der Waals surface area contributed by atoms with Gasteiger partial charge in [-0.25, -0.2) is 8.42 Å². The molecule has 4 rings (SSSR count). The molecule has 0 unspecified atom stereocenters. The van der Waals surface area contributed by atoms with Crippen LogP contribution < -0.4 is 16.4 Å². The lowest BCUT2D eigenvalue weighted by molar-refractivity contribution is -0.122. The lowest BCUT2D eigenvalue weighted by Crippen LogP contribution is -2.48. The third kappa shape index (κ3) is 9.12. The second-order valence-corrected chi connectivity index (χ2v) is 13.7. The quantitative estimate of drug-likeness (QED) is 0.105. The van der Waals surface area contributed by atoms with Crippen LogP contribution in [0.25, 0.3) is 10.8 Å². The summed E-state index contributed by atoms with van der Waals surface area (Å²) in [7, 11) is -3.87. The highest BCUT2D eigenvalue weighted by molar-refractivity contribution is 7.89. The summed E-state index contributed by atoms with van der Waals surface area (Å²) < 4.78 is 28.4. The number of fused-ring (bicyclic) bond motifs is 1. The summed E-state index contributed by atoms with van der Waals surface area (Å²) in [5.41, 5.74) is 7.51. The van der Waals surface area contributed by atoms with E-state index in [4.69, 9.17) is 5.73 Å². The monoisotopic (exact) mass is 645 g/mol. The Labute approximate surface area is 271 Å². The number of nitrogen functional groups attached to an aromatic ring is 1. The van der Waals surface area contributed by atoms with E-state index in [0.717, 1.165) is 16.3 Å². The number of aromatic nitrogens is 1. The number of amides is 2. The van der Waals surface area contributed by atoms with E-state index in [1.807, 2.05) is 56.3 Å². The van der Waals surface area contributed by atoms with E-state index in [1.165, 1.54) is 22.6 Å². The van der Waals surface area contributed by atoms with Gasteiger partial charge in [0.1, 0.15) is 6.04 Å². The molecule has 0 saturated heterocycles. The van der Waals surface area contributed by atoms with Crippen molar-refractivity contribution in [3.8, 4) is 0 Å². The van der Waals surface area contributed by atoms with Gasteiger partial charge in [0.25, 0.3) is 5.91 Å². The molecule has 1 aromatic heterocycles. The number of pyridine rings is 1. The third-order valence-corrected chi connectivity index (χ3v) is 9.70. The fourth-order valence-corrected chi connectivity index (χ4v) is 7.19. The molecule has 0 saturated carbocycles. The van der Waals surface area contributed by atoms with Gasteiger partial charge in [0.2, 0.25) is 15.9 Å². The van der Waals surface area contributed by atoms with Crippen LogP contribution in [0.4, 0.5) is 5.69 Å². The van der Waals surface area contributed by atoms with Gasteiger partial charge in [-0.2, -0.15) is 4.31 Å². The van der Waals surface area contributed by atoms with Crippen LogP contribution in [0.3, 0.4) is 0 Å². The van der Waals surface area contributed by atoms with Crippen molar-refractivity contribution in [1.82, 2.24) is 19.9 Å². The van der Waals surface area contributed by atoms with Crippen LogP contribution in [-0.2, 0) is 21.2 Å². The summed E-state index contributed by atoms with van der Waals surface area (Å²) in [5.74, 6) is -0.680. The van der Waals surface area contributed by atoms with E-state index < -0.39 is 28.0 Å². The second kappa shape index (κ2) is 16.3. The summed E-state index contributed by atoms with van der Waals surface area (Å²) in [6.07, 6.45) is 4.84. The first-order chi connectivity index (χ1) is 22.1. The topological polar surface area (TPSA) is 155 Å². The Morgan fingerprint density at radius 2 is 1.70 bits per heavy atom. The van der Waals surface area contributed by atoms with Gasteiger partial charge in [0, 0.05) is 43.6 Å². The summed E-state index contributed by atoms with van der Waals surface area (Å²) in [4.78, 5) is 30.6. The fraction of sp³-hybridized carbons (Fsp3) is 0.343. The number of sulfonamides is 1. The van der Waals surface area contributed by atoms with Crippen molar-refractivity contribution in [2.45, 2.75) is 56.5 Å². The molecule has 0 aliphatic rings. The van der Waals surface area contributed by atoms with E-state index >= 15 is 0 Å².